The van der Waals surface area contributed by atoms with Crippen molar-refractivity contribution >= 4 is 5.91 Å². The predicted octanol–water partition coefficient (Wildman–Crippen LogP) is 1.39. The molecule has 1 unspecified atom stereocenters. The summed E-state index contributed by atoms with van der Waals surface area (Å²) in [6.07, 6.45) is 0. The Balaban J connectivity index is 2.19. The van der Waals surface area contributed by atoms with E-state index in [1.165, 1.54) is 4.80 Å². The van der Waals surface area contributed by atoms with Crippen molar-refractivity contribution in [3.05, 3.63) is 30.3 Å². The van der Waals surface area contributed by atoms with Gasteiger partial charge in [-0.3, -0.25) is 4.79 Å². The van der Waals surface area contributed by atoms with E-state index in [0.717, 1.165) is 5.56 Å². The summed E-state index contributed by atoms with van der Waals surface area (Å²) in [6, 6.07) is 9.03. The number of amides is 1. The van der Waals surface area contributed by atoms with Gasteiger partial charge in [0, 0.05) is 17.6 Å². The van der Waals surface area contributed by atoms with Crippen LogP contribution in [0.2, 0.25) is 0 Å². The minimum absolute atomic E-state index is 0.0220. The van der Waals surface area contributed by atoms with E-state index >= 15 is 0 Å². The molecule has 1 aromatic carbocycles. The molecule has 0 fully saturated rings. The number of nitrogens with one attached hydrogen (secondary N) is 1. The van der Waals surface area contributed by atoms with Gasteiger partial charge in [0.05, 0.1) is 0 Å². The Labute approximate surface area is 136 Å². The van der Waals surface area contributed by atoms with Crippen LogP contribution in [-0.4, -0.2) is 38.2 Å². The monoisotopic (exact) mass is 316 g/mol. The Morgan fingerprint density at radius 3 is 2.52 bits per heavy atom. The number of hydrogen-bond donors (Lipinski definition) is 2. The van der Waals surface area contributed by atoms with E-state index in [0.29, 0.717) is 12.4 Å². The van der Waals surface area contributed by atoms with Crippen LogP contribution < -0.4 is 11.1 Å². The van der Waals surface area contributed by atoms with E-state index in [-0.39, 0.29) is 11.8 Å². The van der Waals surface area contributed by atoms with Crippen LogP contribution in [0, 0.1) is 5.92 Å². The lowest BCUT2D eigenvalue weighted by Gasteiger charge is -2.23. The molecule has 0 radical (unpaired) electrons. The third kappa shape index (κ3) is 4.59. The van der Waals surface area contributed by atoms with Gasteiger partial charge in [-0.2, -0.15) is 4.80 Å². The molecular formula is C16H24N6O. The highest BCUT2D eigenvalue weighted by molar-refractivity contribution is 5.80. The zero-order valence-electron chi connectivity index (χ0n) is 14.0. The van der Waals surface area contributed by atoms with Crippen molar-refractivity contribution in [2.75, 3.05) is 6.54 Å². The molecule has 1 atom stereocenters. The van der Waals surface area contributed by atoms with Crippen molar-refractivity contribution in [3.8, 4) is 11.4 Å². The maximum atomic E-state index is 12.5. The van der Waals surface area contributed by atoms with Crippen LogP contribution in [0.25, 0.3) is 11.4 Å². The van der Waals surface area contributed by atoms with Gasteiger partial charge in [-0.05, 0) is 25.0 Å². The Kier molecular flexibility index (Phi) is 5.10. The van der Waals surface area contributed by atoms with Gasteiger partial charge >= 0.3 is 0 Å². The first-order chi connectivity index (χ1) is 10.8. The Morgan fingerprint density at radius 1 is 1.30 bits per heavy atom. The standard InChI is InChI=1S/C16H24N6O/c1-11(2)13(15(23)18-10-16(3,4)17)22-20-14(19-21-22)12-8-6-5-7-9-12/h5-9,11,13H,10,17H2,1-4H3,(H,18,23). The molecule has 0 saturated carbocycles. The van der Waals surface area contributed by atoms with Crippen molar-refractivity contribution in [2.24, 2.45) is 11.7 Å². The maximum Gasteiger partial charge on any atom is 0.247 e. The van der Waals surface area contributed by atoms with Gasteiger partial charge in [0.15, 0.2) is 6.04 Å². The van der Waals surface area contributed by atoms with Gasteiger partial charge in [0.25, 0.3) is 0 Å². The molecule has 0 aliphatic rings. The highest BCUT2D eigenvalue weighted by Crippen LogP contribution is 2.18. The van der Waals surface area contributed by atoms with E-state index in [4.69, 9.17) is 5.73 Å². The van der Waals surface area contributed by atoms with Crippen LogP contribution >= 0.6 is 0 Å². The van der Waals surface area contributed by atoms with Crippen molar-refractivity contribution < 1.29 is 4.79 Å². The lowest BCUT2D eigenvalue weighted by atomic mass is 10.0. The van der Waals surface area contributed by atoms with E-state index < -0.39 is 11.6 Å². The number of nitrogens with two attached hydrogens (primary N) is 1. The summed E-state index contributed by atoms with van der Waals surface area (Å²) in [7, 11) is 0. The van der Waals surface area contributed by atoms with Crippen LogP contribution in [0.3, 0.4) is 0 Å². The SMILES string of the molecule is CC(C)C(C(=O)NCC(C)(C)N)n1nnc(-c2ccccc2)n1. The molecule has 1 heterocycles. The first-order valence-electron chi connectivity index (χ1n) is 7.69. The molecule has 1 aromatic heterocycles. The average Bonchev–Trinajstić information content (AvgIpc) is 2.94. The fourth-order valence-electron chi connectivity index (χ4n) is 2.14. The number of nitrogens with zero attached hydrogens (tertiary/aromatic N) is 4. The molecule has 0 aliphatic heterocycles. The van der Waals surface area contributed by atoms with E-state index in [1.807, 2.05) is 58.0 Å². The number of benzene rings is 1. The topological polar surface area (TPSA) is 98.7 Å². The number of tetrazole rings is 1. The highest BCUT2D eigenvalue weighted by Gasteiger charge is 2.28. The molecule has 0 saturated heterocycles. The lowest BCUT2D eigenvalue weighted by Crippen LogP contribution is -2.47. The van der Waals surface area contributed by atoms with Crippen molar-refractivity contribution in [3.63, 3.8) is 0 Å². The minimum Gasteiger partial charge on any atom is -0.352 e. The van der Waals surface area contributed by atoms with Crippen LogP contribution in [0.1, 0.15) is 33.7 Å². The zero-order chi connectivity index (χ0) is 17.0. The molecule has 3 N–H and O–H groups in total. The van der Waals surface area contributed by atoms with Gasteiger partial charge in [0.2, 0.25) is 11.7 Å². The van der Waals surface area contributed by atoms with Gasteiger partial charge in [-0.15, -0.1) is 10.2 Å². The van der Waals surface area contributed by atoms with E-state index in [1.54, 1.807) is 0 Å². The van der Waals surface area contributed by atoms with Crippen LogP contribution in [-0.2, 0) is 4.79 Å². The number of hydrogen-bond acceptors (Lipinski definition) is 5. The second-order valence-corrected chi connectivity index (χ2v) is 6.69. The molecule has 2 aromatic rings. The van der Waals surface area contributed by atoms with Crippen LogP contribution in [0.4, 0.5) is 0 Å². The molecule has 2 rings (SSSR count). The first-order valence-corrected chi connectivity index (χ1v) is 7.69. The van der Waals surface area contributed by atoms with E-state index in [2.05, 4.69) is 20.7 Å². The van der Waals surface area contributed by atoms with Gasteiger partial charge < -0.3 is 11.1 Å². The van der Waals surface area contributed by atoms with E-state index in [9.17, 15) is 4.79 Å². The van der Waals surface area contributed by atoms with Gasteiger partial charge in [-0.1, -0.05) is 44.2 Å². The second kappa shape index (κ2) is 6.87. The molecule has 124 valence electrons. The minimum atomic E-state index is -0.526. The van der Waals surface area contributed by atoms with Gasteiger partial charge in [0.1, 0.15) is 0 Å². The Bertz CT molecular complexity index is 644. The molecule has 0 spiro atoms. The smallest absolute Gasteiger partial charge is 0.247 e. The lowest BCUT2D eigenvalue weighted by molar-refractivity contribution is -0.126. The molecular weight excluding hydrogens is 292 g/mol. The Morgan fingerprint density at radius 2 is 1.96 bits per heavy atom. The fourth-order valence-corrected chi connectivity index (χ4v) is 2.14. The summed E-state index contributed by atoms with van der Waals surface area (Å²) in [4.78, 5) is 13.9. The maximum absolute atomic E-state index is 12.5. The van der Waals surface area contributed by atoms with Crippen LogP contribution in [0.15, 0.2) is 30.3 Å². The summed E-state index contributed by atoms with van der Waals surface area (Å²) in [6.45, 7) is 8.00. The molecule has 23 heavy (non-hydrogen) atoms. The summed E-state index contributed by atoms with van der Waals surface area (Å²) in [5.41, 5.74) is 6.31. The number of aromatic nitrogens is 4. The predicted molar refractivity (Wildman–Crippen MR) is 88.4 cm³/mol. The third-order valence-corrected chi connectivity index (χ3v) is 3.33. The molecule has 0 bridgehead atoms. The second-order valence-electron chi connectivity index (χ2n) is 6.69. The normalized spacial score (nSPS) is 13.1. The van der Waals surface area contributed by atoms with Gasteiger partial charge in [-0.25, -0.2) is 0 Å². The zero-order valence-corrected chi connectivity index (χ0v) is 14.0. The molecule has 7 nitrogen and oxygen atoms in total. The quantitative estimate of drug-likeness (QED) is 0.839. The van der Waals surface area contributed by atoms with Crippen molar-refractivity contribution in [1.29, 1.82) is 0 Å². The molecule has 0 aliphatic carbocycles. The highest BCUT2D eigenvalue weighted by atomic mass is 16.2. The molecule has 1 amide bonds. The van der Waals surface area contributed by atoms with Crippen LogP contribution in [0.5, 0.6) is 0 Å². The van der Waals surface area contributed by atoms with Crippen molar-refractivity contribution in [2.45, 2.75) is 39.3 Å². The Hall–Kier alpha value is -2.28. The summed E-state index contributed by atoms with van der Waals surface area (Å²) < 4.78 is 0. The average molecular weight is 316 g/mol. The first kappa shape index (κ1) is 17.1. The largest absolute Gasteiger partial charge is 0.352 e. The summed E-state index contributed by atoms with van der Waals surface area (Å²) in [5.74, 6) is 0.368. The number of carbonyl (C=O) groups is 1. The fraction of sp³-hybridized carbons (Fsp3) is 0.500. The number of rotatable bonds is 6. The van der Waals surface area contributed by atoms with Crippen molar-refractivity contribution in [1.82, 2.24) is 25.5 Å². The molecule has 7 heteroatoms. The third-order valence-electron chi connectivity index (χ3n) is 3.33. The number of carbonyl (C=O) groups excluding carboxylic acids is 1. The summed E-state index contributed by atoms with van der Waals surface area (Å²) >= 11 is 0. The summed E-state index contributed by atoms with van der Waals surface area (Å²) in [5, 5.41) is 15.4.